The maximum Gasteiger partial charge on any atom is 0.407 e. The molecular weight excluding hydrogens is 785 g/mol. The Hall–Kier alpha value is -5.52. The van der Waals surface area contributed by atoms with Gasteiger partial charge in [0.15, 0.2) is 5.79 Å². The zero-order valence-corrected chi connectivity index (χ0v) is 35.2. The largest absolute Gasteiger partial charge is 0.453 e. The molecule has 0 aliphatic carbocycles. The van der Waals surface area contributed by atoms with Gasteiger partial charge in [-0.05, 0) is 59.8 Å². The lowest BCUT2D eigenvalue weighted by molar-refractivity contribution is -0.153. The summed E-state index contributed by atoms with van der Waals surface area (Å²) in [5.74, 6) is -0.0891. The number of nitrogens with zero attached hydrogens (tertiary/aromatic N) is 4. The van der Waals surface area contributed by atoms with E-state index < -0.39 is 36.1 Å². The molecule has 17 nitrogen and oxygen atoms in total. The summed E-state index contributed by atoms with van der Waals surface area (Å²) in [6.45, 7) is 7.13. The molecule has 4 saturated heterocycles. The quantitative estimate of drug-likeness (QED) is 0.215. The van der Waals surface area contributed by atoms with E-state index in [1.807, 2.05) is 30.9 Å². The highest BCUT2D eigenvalue weighted by atomic mass is 16.7. The average Bonchev–Trinajstić information content (AvgIpc) is 4.15. The Bertz CT molecular complexity index is 2080. The number of amidine groups is 1. The number of hydrogen-bond donors (Lipinski definition) is 4. The zero-order chi connectivity index (χ0) is 42.7. The molecule has 0 saturated carbocycles. The highest BCUT2D eigenvalue weighted by Gasteiger charge is 2.53. The normalized spacial score (nSPS) is 23.4. The molecule has 5 aliphatic heterocycles. The maximum atomic E-state index is 14.0. The number of imidazole rings is 1. The summed E-state index contributed by atoms with van der Waals surface area (Å²) in [6.07, 6.45) is 3.95. The Morgan fingerprint density at radius 3 is 2.15 bits per heavy atom. The number of benzene rings is 2. The third kappa shape index (κ3) is 8.95. The molecule has 17 heteroatoms. The molecule has 6 heterocycles. The maximum absolute atomic E-state index is 14.0. The van der Waals surface area contributed by atoms with Gasteiger partial charge in [0, 0.05) is 26.2 Å². The van der Waals surface area contributed by atoms with Crippen molar-refractivity contribution in [2.45, 2.75) is 81.9 Å². The van der Waals surface area contributed by atoms with E-state index in [1.165, 1.54) is 14.2 Å². The molecule has 8 rings (SSSR count). The van der Waals surface area contributed by atoms with E-state index in [1.54, 1.807) is 11.1 Å². The Morgan fingerprint density at radius 1 is 0.820 bits per heavy atom. The number of rotatable bonds is 11. The zero-order valence-electron chi connectivity index (χ0n) is 35.2. The minimum Gasteiger partial charge on any atom is -0.453 e. The summed E-state index contributed by atoms with van der Waals surface area (Å²) in [5, 5.41) is 9.13. The molecule has 1 spiro atoms. The van der Waals surface area contributed by atoms with Crippen LogP contribution in [0.5, 0.6) is 0 Å². The van der Waals surface area contributed by atoms with E-state index >= 15 is 0 Å². The third-order valence-corrected chi connectivity index (χ3v) is 12.6. The summed E-state index contributed by atoms with van der Waals surface area (Å²) in [4.78, 5) is 69.0. The Morgan fingerprint density at radius 2 is 1.48 bits per heavy atom. The number of aromatic nitrogens is 2. The predicted molar refractivity (Wildman–Crippen MR) is 223 cm³/mol. The van der Waals surface area contributed by atoms with Crippen LogP contribution < -0.4 is 16.0 Å². The van der Waals surface area contributed by atoms with E-state index in [0.717, 1.165) is 46.6 Å². The molecule has 5 atom stereocenters. The Kier molecular flexibility index (Phi) is 12.6. The molecule has 5 aliphatic rings. The van der Waals surface area contributed by atoms with Crippen molar-refractivity contribution in [3.05, 3.63) is 66.1 Å². The molecule has 326 valence electrons. The molecular formula is C44H56N8O9. The van der Waals surface area contributed by atoms with Crippen LogP contribution in [0, 0.1) is 11.8 Å². The van der Waals surface area contributed by atoms with E-state index in [9.17, 15) is 19.2 Å². The number of aliphatic imine (C=N–C) groups is 1. The summed E-state index contributed by atoms with van der Waals surface area (Å²) in [6, 6.07) is 14.5. The van der Waals surface area contributed by atoms with Gasteiger partial charge in [0.25, 0.3) is 0 Å². The van der Waals surface area contributed by atoms with Gasteiger partial charge in [0.05, 0.1) is 70.5 Å². The SMILES string of the molecule is COC(=O)N[C@H](C(=O)N1CC2(C[C@H]1c1ncc(-c3ccc(-c4ccc(C5CN=C([C@@H]6CCCN6C(=O)[C@@H](NC(=O)OC)C6CCOCC6)N5)cc4)cc3)[nH]1)OCCO2)C(C)C. The molecule has 1 unspecified atom stereocenters. The van der Waals surface area contributed by atoms with Crippen molar-refractivity contribution in [2.24, 2.45) is 16.8 Å². The smallest absolute Gasteiger partial charge is 0.407 e. The summed E-state index contributed by atoms with van der Waals surface area (Å²) in [7, 11) is 2.58. The second-order valence-corrected chi connectivity index (χ2v) is 16.7. The average molecular weight is 841 g/mol. The van der Waals surface area contributed by atoms with Crippen molar-refractivity contribution in [3.8, 4) is 22.4 Å². The van der Waals surface area contributed by atoms with Crippen LogP contribution in [0.1, 0.15) is 69.4 Å². The first kappa shape index (κ1) is 42.2. The number of H-pyrrole nitrogens is 1. The van der Waals surface area contributed by atoms with Crippen molar-refractivity contribution < 1.29 is 42.9 Å². The molecule has 2 aromatic carbocycles. The number of carbonyl (C=O) groups is 4. The van der Waals surface area contributed by atoms with Crippen LogP contribution in [-0.4, -0.2) is 134 Å². The lowest BCUT2D eigenvalue weighted by atomic mass is 9.90. The fourth-order valence-corrected chi connectivity index (χ4v) is 9.26. The standard InChI is InChI=1S/C44H56N8O9/c1-26(2)36(49-42(55)57-3)40(53)52-25-44(60-20-21-61-44)22-35(52)39-46-24-33(48-39)30-13-9-28(10-14-30)27-7-11-29(12-8-27)32-23-45-38(47-32)34-6-5-17-51(34)41(54)37(50-43(56)58-4)31-15-18-59-19-16-31/h7-14,24,26,31-32,34-37H,5-6,15-23,25H2,1-4H3,(H,45,47)(H,46,48)(H,49,55)(H,50,56)/t32?,34-,35-,36-,37-/m0/s1. The number of alkyl carbamates (subject to hydrolysis) is 2. The number of carbonyl (C=O) groups excluding carboxylic acids is 4. The van der Waals surface area contributed by atoms with E-state index in [2.05, 4.69) is 57.3 Å². The van der Waals surface area contributed by atoms with Gasteiger partial charge in [-0.1, -0.05) is 62.4 Å². The fraction of sp³-hybridized carbons (Fsp3) is 0.545. The number of amides is 4. The topological polar surface area (TPSA) is 198 Å². The van der Waals surface area contributed by atoms with Crippen LogP contribution in [0.25, 0.3) is 22.4 Å². The van der Waals surface area contributed by atoms with Crippen LogP contribution in [0.15, 0.2) is 59.7 Å². The van der Waals surface area contributed by atoms with Crippen LogP contribution in [-0.2, 0) is 33.3 Å². The third-order valence-electron chi connectivity index (χ3n) is 12.6. The minimum atomic E-state index is -0.932. The van der Waals surface area contributed by atoms with Gasteiger partial charge in [0.1, 0.15) is 23.7 Å². The second-order valence-electron chi connectivity index (χ2n) is 16.7. The Balaban J connectivity index is 0.908. The molecule has 4 amide bonds. The first-order valence-electron chi connectivity index (χ1n) is 21.3. The molecule has 1 aromatic heterocycles. The Labute approximate surface area is 355 Å². The number of aromatic amines is 1. The van der Waals surface area contributed by atoms with Crippen molar-refractivity contribution in [2.75, 3.05) is 60.3 Å². The van der Waals surface area contributed by atoms with Crippen LogP contribution in [0.2, 0.25) is 0 Å². The van der Waals surface area contributed by atoms with Gasteiger partial charge in [0.2, 0.25) is 11.8 Å². The first-order valence-corrected chi connectivity index (χ1v) is 21.3. The lowest BCUT2D eigenvalue weighted by Crippen LogP contribution is -2.56. The molecule has 61 heavy (non-hydrogen) atoms. The lowest BCUT2D eigenvalue weighted by Gasteiger charge is -2.34. The number of ether oxygens (including phenoxy) is 5. The second kappa shape index (κ2) is 18.2. The summed E-state index contributed by atoms with van der Waals surface area (Å²) < 4.78 is 27.3. The van der Waals surface area contributed by atoms with Crippen molar-refractivity contribution in [1.82, 2.24) is 35.7 Å². The van der Waals surface area contributed by atoms with Crippen LogP contribution in [0.4, 0.5) is 9.59 Å². The number of nitrogens with one attached hydrogen (secondary N) is 4. The van der Waals surface area contributed by atoms with Gasteiger partial charge in [-0.3, -0.25) is 14.6 Å². The van der Waals surface area contributed by atoms with E-state index in [0.29, 0.717) is 64.6 Å². The molecule has 4 N–H and O–H groups in total. The van der Waals surface area contributed by atoms with Crippen LogP contribution in [0.3, 0.4) is 0 Å². The number of hydrogen-bond acceptors (Lipinski definition) is 12. The van der Waals surface area contributed by atoms with Crippen molar-refractivity contribution >= 4 is 29.8 Å². The van der Waals surface area contributed by atoms with Gasteiger partial charge < -0.3 is 54.4 Å². The summed E-state index contributed by atoms with van der Waals surface area (Å²) in [5.41, 5.74) is 4.95. The molecule has 0 bridgehead atoms. The predicted octanol–water partition coefficient (Wildman–Crippen LogP) is 4.33. The van der Waals surface area contributed by atoms with Gasteiger partial charge >= 0.3 is 12.2 Å². The first-order chi connectivity index (χ1) is 29.6. The highest BCUT2D eigenvalue weighted by molar-refractivity contribution is 5.95. The van der Waals surface area contributed by atoms with Crippen LogP contribution >= 0.6 is 0 Å². The monoisotopic (exact) mass is 840 g/mol. The number of likely N-dealkylation sites (tertiary alicyclic amines) is 2. The van der Waals surface area contributed by atoms with Gasteiger partial charge in [-0.15, -0.1) is 0 Å². The molecule has 4 fully saturated rings. The minimum absolute atomic E-state index is 0.0218. The van der Waals surface area contributed by atoms with Crippen molar-refractivity contribution in [1.29, 1.82) is 0 Å². The van der Waals surface area contributed by atoms with Gasteiger partial charge in [-0.25, -0.2) is 14.6 Å². The van der Waals surface area contributed by atoms with Gasteiger partial charge in [-0.2, -0.15) is 0 Å². The fourth-order valence-electron chi connectivity index (χ4n) is 9.26. The highest BCUT2D eigenvalue weighted by Crippen LogP contribution is 2.43. The van der Waals surface area contributed by atoms with E-state index in [4.69, 9.17) is 33.7 Å². The molecule has 3 aromatic rings. The number of methoxy groups -OCH3 is 2. The van der Waals surface area contributed by atoms with Crippen molar-refractivity contribution in [3.63, 3.8) is 0 Å². The van der Waals surface area contributed by atoms with E-state index in [-0.39, 0.29) is 42.3 Å². The summed E-state index contributed by atoms with van der Waals surface area (Å²) >= 11 is 0. The molecule has 0 radical (unpaired) electrons.